The first kappa shape index (κ1) is 19.8. The van der Waals surface area contributed by atoms with Crippen molar-refractivity contribution in [3.05, 3.63) is 35.7 Å². The van der Waals surface area contributed by atoms with Gasteiger partial charge in [0.15, 0.2) is 0 Å². The molecule has 0 spiro atoms. The monoisotopic (exact) mass is 411 g/mol. The minimum Gasteiger partial charge on any atom is -0.326 e. The molecule has 8 heteroatoms. The van der Waals surface area contributed by atoms with Crippen LogP contribution in [0.2, 0.25) is 0 Å². The Bertz CT molecular complexity index is 976. The molecule has 152 valence electrons. The third-order valence-electron chi connectivity index (χ3n) is 6.59. The van der Waals surface area contributed by atoms with Gasteiger partial charge in [0.2, 0.25) is 17.0 Å². The average molecular weight is 412 g/mol. The zero-order valence-electron chi connectivity index (χ0n) is 17.1. The van der Waals surface area contributed by atoms with Gasteiger partial charge >= 0.3 is 0 Å². The SMILES string of the molecule is CC(=O)Nc1ccc(NC(=O)CSc2nnc3c(n2)C2(C)CCC3C2(C)C)cc1. The number of aromatic nitrogens is 3. The van der Waals surface area contributed by atoms with Crippen molar-refractivity contribution in [2.45, 2.75) is 57.0 Å². The van der Waals surface area contributed by atoms with Crippen LogP contribution in [0.4, 0.5) is 11.4 Å². The first-order valence-corrected chi connectivity index (χ1v) is 10.7. The number of amides is 2. The molecule has 29 heavy (non-hydrogen) atoms. The molecule has 1 saturated carbocycles. The van der Waals surface area contributed by atoms with Gasteiger partial charge in [0.05, 0.1) is 17.1 Å². The van der Waals surface area contributed by atoms with E-state index in [1.54, 1.807) is 24.3 Å². The number of hydrogen-bond acceptors (Lipinski definition) is 6. The summed E-state index contributed by atoms with van der Waals surface area (Å²) in [7, 11) is 0. The fourth-order valence-corrected chi connectivity index (χ4v) is 5.18. The normalized spacial score (nSPS) is 23.5. The summed E-state index contributed by atoms with van der Waals surface area (Å²) in [6.07, 6.45) is 2.26. The average Bonchev–Trinajstić information content (AvgIpc) is 3.00. The molecular weight excluding hydrogens is 386 g/mol. The Kier molecular flexibility index (Phi) is 4.85. The third kappa shape index (κ3) is 3.39. The maximum absolute atomic E-state index is 12.3. The Hall–Kier alpha value is -2.48. The molecule has 4 rings (SSSR count). The first-order valence-electron chi connectivity index (χ1n) is 9.76. The lowest BCUT2D eigenvalue weighted by molar-refractivity contribution is -0.114. The van der Waals surface area contributed by atoms with E-state index in [1.807, 2.05) is 0 Å². The number of carbonyl (C=O) groups is 2. The van der Waals surface area contributed by atoms with E-state index in [4.69, 9.17) is 4.98 Å². The van der Waals surface area contributed by atoms with Gasteiger partial charge in [0.25, 0.3) is 0 Å². The van der Waals surface area contributed by atoms with Gasteiger partial charge in [-0.05, 0) is 42.5 Å². The number of nitrogens with one attached hydrogen (secondary N) is 2. The molecule has 1 fully saturated rings. The number of carbonyl (C=O) groups excluding carboxylic acids is 2. The second-order valence-electron chi connectivity index (χ2n) is 8.57. The lowest BCUT2D eigenvalue weighted by Gasteiger charge is -2.33. The summed E-state index contributed by atoms with van der Waals surface area (Å²) in [5.74, 6) is 0.355. The molecular formula is C21H25N5O2S. The fraction of sp³-hybridized carbons (Fsp3) is 0.476. The second kappa shape index (κ2) is 7.09. The molecule has 2 amide bonds. The van der Waals surface area contributed by atoms with E-state index in [0.717, 1.165) is 24.2 Å². The fourth-order valence-electron chi connectivity index (χ4n) is 4.59. The van der Waals surface area contributed by atoms with Crippen LogP contribution in [0.15, 0.2) is 29.4 Å². The van der Waals surface area contributed by atoms with Crippen molar-refractivity contribution in [1.29, 1.82) is 0 Å². The van der Waals surface area contributed by atoms with Crippen LogP contribution in [0.5, 0.6) is 0 Å². The number of anilines is 2. The lowest BCUT2D eigenvalue weighted by Crippen LogP contribution is -2.32. The van der Waals surface area contributed by atoms with E-state index in [2.05, 4.69) is 41.6 Å². The highest BCUT2D eigenvalue weighted by Gasteiger charge is 2.61. The Morgan fingerprint density at radius 1 is 1.10 bits per heavy atom. The van der Waals surface area contributed by atoms with Crippen molar-refractivity contribution in [3.8, 4) is 0 Å². The number of fused-ring (bicyclic) bond motifs is 5. The number of thioether (sulfide) groups is 1. The predicted octanol–water partition coefficient (Wildman–Crippen LogP) is 3.74. The van der Waals surface area contributed by atoms with Crippen molar-refractivity contribution in [1.82, 2.24) is 15.2 Å². The molecule has 2 aromatic rings. The molecule has 2 aliphatic rings. The van der Waals surface area contributed by atoms with Crippen LogP contribution in [-0.2, 0) is 15.0 Å². The standard InChI is InChI=1S/C21H25N5O2S/c1-12(27)22-13-5-7-14(8-6-13)23-16(28)11-29-19-24-18-17(25-26-19)15-9-10-21(18,4)20(15,2)3/h5-8,15H,9-11H2,1-4H3,(H,22,27)(H,23,28). The maximum Gasteiger partial charge on any atom is 0.234 e. The van der Waals surface area contributed by atoms with Crippen LogP contribution in [0.3, 0.4) is 0 Å². The van der Waals surface area contributed by atoms with Crippen LogP contribution in [0, 0.1) is 5.41 Å². The van der Waals surface area contributed by atoms with Crippen molar-refractivity contribution < 1.29 is 9.59 Å². The Labute approximate surface area is 174 Å². The van der Waals surface area contributed by atoms with Crippen molar-refractivity contribution in [2.24, 2.45) is 5.41 Å². The molecule has 0 saturated heterocycles. The highest BCUT2D eigenvalue weighted by Crippen LogP contribution is 2.66. The predicted molar refractivity (Wildman–Crippen MR) is 113 cm³/mol. The van der Waals surface area contributed by atoms with Gasteiger partial charge in [-0.2, -0.15) is 5.10 Å². The summed E-state index contributed by atoms with van der Waals surface area (Å²) >= 11 is 1.30. The Morgan fingerprint density at radius 2 is 1.76 bits per heavy atom. The molecule has 7 nitrogen and oxygen atoms in total. The minimum atomic E-state index is -0.139. The highest BCUT2D eigenvalue weighted by molar-refractivity contribution is 7.99. The van der Waals surface area contributed by atoms with Gasteiger partial charge in [-0.3, -0.25) is 9.59 Å². The van der Waals surface area contributed by atoms with Gasteiger partial charge in [-0.25, -0.2) is 4.98 Å². The summed E-state index contributed by atoms with van der Waals surface area (Å²) in [6, 6.07) is 6.99. The van der Waals surface area contributed by atoms with Crippen LogP contribution >= 0.6 is 11.8 Å². The smallest absolute Gasteiger partial charge is 0.234 e. The third-order valence-corrected chi connectivity index (χ3v) is 7.43. The highest BCUT2D eigenvalue weighted by atomic mass is 32.2. The van der Waals surface area contributed by atoms with E-state index < -0.39 is 0 Å². The molecule has 0 radical (unpaired) electrons. The molecule has 1 aromatic heterocycles. The first-order chi connectivity index (χ1) is 13.7. The van der Waals surface area contributed by atoms with Crippen molar-refractivity contribution >= 4 is 35.0 Å². The number of nitrogens with zero attached hydrogens (tertiary/aromatic N) is 3. The van der Waals surface area contributed by atoms with Crippen molar-refractivity contribution in [2.75, 3.05) is 16.4 Å². The Morgan fingerprint density at radius 3 is 2.41 bits per heavy atom. The summed E-state index contributed by atoms with van der Waals surface area (Å²) in [5.41, 5.74) is 3.62. The van der Waals surface area contributed by atoms with E-state index >= 15 is 0 Å². The van der Waals surface area contributed by atoms with Crippen LogP contribution < -0.4 is 10.6 Å². The Balaban J connectivity index is 1.38. The molecule has 2 bridgehead atoms. The molecule has 1 aromatic carbocycles. The summed E-state index contributed by atoms with van der Waals surface area (Å²) in [4.78, 5) is 28.2. The quantitative estimate of drug-likeness (QED) is 0.728. The van der Waals surface area contributed by atoms with E-state index in [0.29, 0.717) is 22.4 Å². The number of benzene rings is 1. The van der Waals surface area contributed by atoms with Crippen LogP contribution in [0.25, 0.3) is 0 Å². The number of hydrogen-bond donors (Lipinski definition) is 2. The van der Waals surface area contributed by atoms with E-state index in [-0.39, 0.29) is 28.4 Å². The minimum absolute atomic E-state index is 0.0240. The zero-order valence-corrected chi connectivity index (χ0v) is 17.9. The zero-order chi connectivity index (χ0) is 20.8. The maximum atomic E-state index is 12.3. The van der Waals surface area contributed by atoms with Gasteiger partial charge in [-0.15, -0.1) is 5.10 Å². The molecule has 2 unspecified atom stereocenters. The van der Waals surface area contributed by atoms with Crippen LogP contribution in [0.1, 0.15) is 57.8 Å². The molecule has 0 aliphatic heterocycles. The van der Waals surface area contributed by atoms with Crippen molar-refractivity contribution in [3.63, 3.8) is 0 Å². The van der Waals surface area contributed by atoms with E-state index in [1.165, 1.54) is 18.7 Å². The largest absolute Gasteiger partial charge is 0.326 e. The van der Waals surface area contributed by atoms with Gasteiger partial charge in [0, 0.05) is 29.6 Å². The summed E-state index contributed by atoms with van der Waals surface area (Å²) in [6.45, 7) is 8.32. The summed E-state index contributed by atoms with van der Waals surface area (Å²) < 4.78 is 0. The van der Waals surface area contributed by atoms with Gasteiger partial charge in [0.1, 0.15) is 0 Å². The lowest BCUT2D eigenvalue weighted by atomic mass is 9.70. The topological polar surface area (TPSA) is 96.9 Å². The van der Waals surface area contributed by atoms with Gasteiger partial charge in [-0.1, -0.05) is 32.5 Å². The molecule has 2 N–H and O–H groups in total. The van der Waals surface area contributed by atoms with Crippen LogP contribution in [-0.4, -0.2) is 32.7 Å². The van der Waals surface area contributed by atoms with Gasteiger partial charge < -0.3 is 10.6 Å². The number of rotatable bonds is 5. The summed E-state index contributed by atoms with van der Waals surface area (Å²) in [5, 5.41) is 14.8. The molecule has 1 heterocycles. The molecule has 2 aliphatic carbocycles. The molecule has 2 atom stereocenters. The van der Waals surface area contributed by atoms with E-state index in [9.17, 15) is 9.59 Å². The second-order valence-corrected chi connectivity index (χ2v) is 9.51.